The van der Waals surface area contributed by atoms with Gasteiger partial charge in [-0.2, -0.15) is 0 Å². The molecule has 0 saturated heterocycles. The van der Waals surface area contributed by atoms with Crippen molar-refractivity contribution in [1.82, 2.24) is 0 Å². The Morgan fingerprint density at radius 1 is 1.11 bits per heavy atom. The number of aryl methyl sites for hydroxylation is 2. The Balaban J connectivity index is 2.38. The molecule has 100 valence electrons. The zero-order valence-electron chi connectivity index (χ0n) is 11.4. The number of rotatable bonds is 3. The van der Waals surface area contributed by atoms with Crippen LogP contribution in [0.4, 0.5) is 4.39 Å². The zero-order chi connectivity index (χ0) is 14.0. The van der Waals surface area contributed by atoms with Crippen LogP contribution in [0.3, 0.4) is 0 Å². The van der Waals surface area contributed by atoms with Gasteiger partial charge in [0.1, 0.15) is 5.82 Å². The van der Waals surface area contributed by atoms with Gasteiger partial charge >= 0.3 is 0 Å². The third kappa shape index (κ3) is 3.17. The maximum atomic E-state index is 13.9. The Hall–Kier alpha value is -1.32. The van der Waals surface area contributed by atoms with Gasteiger partial charge in [0.25, 0.3) is 0 Å². The van der Waals surface area contributed by atoms with E-state index >= 15 is 0 Å². The molecule has 19 heavy (non-hydrogen) atoms. The molecule has 0 aliphatic rings. The minimum atomic E-state index is -0.310. The van der Waals surface area contributed by atoms with Crippen LogP contribution in [0.15, 0.2) is 46.2 Å². The molecule has 3 heteroatoms. The van der Waals surface area contributed by atoms with E-state index in [1.165, 1.54) is 17.2 Å². The molecule has 0 radical (unpaired) electrons. The quantitative estimate of drug-likeness (QED) is 0.885. The van der Waals surface area contributed by atoms with E-state index < -0.39 is 0 Å². The summed E-state index contributed by atoms with van der Waals surface area (Å²) in [6.45, 7) is 5.97. The van der Waals surface area contributed by atoms with Gasteiger partial charge in [-0.3, -0.25) is 0 Å². The summed E-state index contributed by atoms with van der Waals surface area (Å²) < 4.78 is 13.9. The van der Waals surface area contributed by atoms with E-state index in [1.54, 1.807) is 17.8 Å². The minimum absolute atomic E-state index is 0.233. The SMILES string of the molecule is Cc1ccc(Sc2cccc(F)c2C(C)N)cc1C. The fourth-order valence-electron chi connectivity index (χ4n) is 1.95. The molecular formula is C16H18FNS. The Labute approximate surface area is 118 Å². The van der Waals surface area contributed by atoms with Gasteiger partial charge in [0.15, 0.2) is 0 Å². The standard InChI is InChI=1S/C16H18FNS/c1-10-7-8-13(9-11(10)2)19-15-6-4-5-14(17)16(15)12(3)18/h4-9,12H,18H2,1-3H3. The van der Waals surface area contributed by atoms with E-state index in [9.17, 15) is 4.39 Å². The van der Waals surface area contributed by atoms with Gasteiger partial charge in [0.2, 0.25) is 0 Å². The third-order valence-electron chi connectivity index (χ3n) is 3.17. The second-order valence-corrected chi connectivity index (χ2v) is 5.90. The van der Waals surface area contributed by atoms with Crippen LogP contribution in [0.25, 0.3) is 0 Å². The molecule has 0 aliphatic heterocycles. The molecule has 0 spiro atoms. The third-order valence-corrected chi connectivity index (χ3v) is 4.24. The average Bonchev–Trinajstić information content (AvgIpc) is 2.33. The molecule has 2 aromatic rings. The number of halogens is 1. The van der Waals surface area contributed by atoms with Crippen molar-refractivity contribution in [3.8, 4) is 0 Å². The molecule has 1 atom stereocenters. The first kappa shape index (κ1) is 14.1. The molecule has 0 heterocycles. The van der Waals surface area contributed by atoms with Crippen LogP contribution in [-0.2, 0) is 0 Å². The van der Waals surface area contributed by atoms with Crippen LogP contribution in [0.1, 0.15) is 29.7 Å². The first-order valence-corrected chi connectivity index (χ1v) is 7.10. The molecule has 0 aliphatic carbocycles. The highest BCUT2D eigenvalue weighted by Gasteiger charge is 2.13. The molecule has 1 unspecified atom stereocenters. The number of benzene rings is 2. The average molecular weight is 275 g/mol. The summed E-state index contributed by atoms with van der Waals surface area (Å²) >= 11 is 1.56. The van der Waals surface area contributed by atoms with E-state index in [-0.39, 0.29) is 11.9 Å². The maximum absolute atomic E-state index is 13.9. The van der Waals surface area contributed by atoms with Crippen LogP contribution < -0.4 is 5.73 Å². The summed E-state index contributed by atoms with van der Waals surface area (Å²) in [6, 6.07) is 11.1. The molecule has 2 rings (SSSR count). The summed E-state index contributed by atoms with van der Waals surface area (Å²) in [4.78, 5) is 1.99. The zero-order valence-corrected chi connectivity index (χ0v) is 12.2. The monoisotopic (exact) mass is 275 g/mol. The topological polar surface area (TPSA) is 26.0 Å². The summed E-state index contributed by atoms with van der Waals surface area (Å²) in [7, 11) is 0. The lowest BCUT2D eigenvalue weighted by Crippen LogP contribution is -2.08. The number of hydrogen-bond acceptors (Lipinski definition) is 2. The molecule has 0 amide bonds. The van der Waals surface area contributed by atoms with Gasteiger partial charge in [0.05, 0.1) is 0 Å². The summed E-state index contributed by atoms with van der Waals surface area (Å²) in [5, 5.41) is 0. The lowest BCUT2D eigenvalue weighted by molar-refractivity contribution is 0.585. The molecule has 0 bridgehead atoms. The van der Waals surface area contributed by atoms with E-state index in [0.29, 0.717) is 5.56 Å². The summed E-state index contributed by atoms with van der Waals surface area (Å²) in [5.74, 6) is -0.233. The van der Waals surface area contributed by atoms with E-state index in [0.717, 1.165) is 9.79 Å². The first-order valence-electron chi connectivity index (χ1n) is 6.28. The van der Waals surface area contributed by atoms with Crippen molar-refractivity contribution in [3.05, 3.63) is 58.9 Å². The first-order chi connectivity index (χ1) is 8.99. The van der Waals surface area contributed by atoms with Crippen molar-refractivity contribution in [2.24, 2.45) is 5.73 Å². The van der Waals surface area contributed by atoms with Crippen molar-refractivity contribution in [2.75, 3.05) is 0 Å². The second-order valence-electron chi connectivity index (χ2n) is 4.79. The molecule has 0 saturated carbocycles. The summed E-state index contributed by atoms with van der Waals surface area (Å²) in [5.41, 5.74) is 8.96. The fourth-order valence-corrected chi connectivity index (χ4v) is 3.12. The van der Waals surface area contributed by atoms with Crippen LogP contribution >= 0.6 is 11.8 Å². The second kappa shape index (κ2) is 5.76. The van der Waals surface area contributed by atoms with Crippen molar-refractivity contribution in [3.63, 3.8) is 0 Å². The van der Waals surface area contributed by atoms with Gasteiger partial charge in [-0.05, 0) is 56.2 Å². The lowest BCUT2D eigenvalue weighted by atomic mass is 10.1. The Bertz CT molecular complexity index is 593. The van der Waals surface area contributed by atoms with Gasteiger partial charge in [-0.1, -0.05) is 23.9 Å². The van der Waals surface area contributed by atoms with Gasteiger partial charge in [-0.15, -0.1) is 0 Å². The normalized spacial score (nSPS) is 12.5. The van der Waals surface area contributed by atoms with Gasteiger partial charge < -0.3 is 5.73 Å². The predicted molar refractivity (Wildman–Crippen MR) is 79.0 cm³/mol. The van der Waals surface area contributed by atoms with Crippen molar-refractivity contribution >= 4 is 11.8 Å². The Morgan fingerprint density at radius 2 is 1.84 bits per heavy atom. The van der Waals surface area contributed by atoms with Crippen LogP contribution in [0, 0.1) is 19.7 Å². The Morgan fingerprint density at radius 3 is 2.47 bits per heavy atom. The van der Waals surface area contributed by atoms with Gasteiger partial charge in [-0.25, -0.2) is 4.39 Å². The molecular weight excluding hydrogens is 257 g/mol. The highest BCUT2D eigenvalue weighted by molar-refractivity contribution is 7.99. The van der Waals surface area contributed by atoms with E-state index in [2.05, 4.69) is 32.0 Å². The Kier molecular flexibility index (Phi) is 4.27. The van der Waals surface area contributed by atoms with Crippen molar-refractivity contribution in [1.29, 1.82) is 0 Å². The highest BCUT2D eigenvalue weighted by atomic mass is 32.2. The number of nitrogens with two attached hydrogens (primary N) is 1. The minimum Gasteiger partial charge on any atom is -0.324 e. The van der Waals surface area contributed by atoms with Crippen molar-refractivity contribution < 1.29 is 4.39 Å². The molecule has 0 fully saturated rings. The largest absolute Gasteiger partial charge is 0.324 e. The lowest BCUT2D eigenvalue weighted by Gasteiger charge is -2.13. The molecule has 2 N–H and O–H groups in total. The van der Waals surface area contributed by atoms with Crippen LogP contribution in [-0.4, -0.2) is 0 Å². The van der Waals surface area contributed by atoms with E-state index in [1.807, 2.05) is 13.0 Å². The predicted octanol–water partition coefficient (Wildman–Crippen LogP) is 4.61. The summed E-state index contributed by atoms with van der Waals surface area (Å²) in [6.07, 6.45) is 0. The smallest absolute Gasteiger partial charge is 0.129 e. The molecule has 2 aromatic carbocycles. The highest BCUT2D eigenvalue weighted by Crippen LogP contribution is 2.34. The van der Waals surface area contributed by atoms with Gasteiger partial charge in [0, 0.05) is 21.4 Å². The van der Waals surface area contributed by atoms with Crippen LogP contribution in [0.5, 0.6) is 0 Å². The molecule has 0 aromatic heterocycles. The maximum Gasteiger partial charge on any atom is 0.129 e. The fraction of sp³-hybridized carbons (Fsp3) is 0.250. The number of hydrogen-bond donors (Lipinski definition) is 1. The molecule has 1 nitrogen and oxygen atoms in total. The van der Waals surface area contributed by atoms with Crippen LogP contribution in [0.2, 0.25) is 0 Å². The van der Waals surface area contributed by atoms with Crippen molar-refractivity contribution in [2.45, 2.75) is 36.6 Å². The van der Waals surface area contributed by atoms with E-state index in [4.69, 9.17) is 5.73 Å².